The molecule has 1 saturated heterocycles. The summed E-state index contributed by atoms with van der Waals surface area (Å²) in [5.41, 5.74) is 9.65. The van der Waals surface area contributed by atoms with Crippen LogP contribution in [0.25, 0.3) is 0 Å². The number of piperazine rings is 1. The Hall–Kier alpha value is -2.61. The van der Waals surface area contributed by atoms with Crippen LogP contribution < -0.4 is 16.0 Å². The zero-order valence-corrected chi connectivity index (χ0v) is 15.4. The molecule has 2 aromatic rings. The molecule has 0 bridgehead atoms. The van der Waals surface area contributed by atoms with Crippen molar-refractivity contribution in [1.82, 2.24) is 9.88 Å². The fraction of sp³-hybridized carbons (Fsp3) is 0.389. The van der Waals surface area contributed by atoms with Crippen LogP contribution in [0.4, 0.5) is 16.5 Å². The van der Waals surface area contributed by atoms with E-state index in [4.69, 9.17) is 5.73 Å². The Morgan fingerprint density at radius 3 is 2.69 bits per heavy atom. The SMILES string of the molecule is Cc1nc(N)sc1C(=O)N1CCN(c2ccc3c(c2)CCC(=O)N3)CC1. The van der Waals surface area contributed by atoms with Crippen molar-refractivity contribution in [2.75, 3.05) is 42.1 Å². The third-order valence-corrected chi connectivity index (χ3v) is 5.90. The summed E-state index contributed by atoms with van der Waals surface area (Å²) < 4.78 is 0. The van der Waals surface area contributed by atoms with Gasteiger partial charge >= 0.3 is 0 Å². The smallest absolute Gasteiger partial charge is 0.266 e. The number of nitrogen functional groups attached to an aromatic ring is 1. The first-order valence-corrected chi connectivity index (χ1v) is 9.53. The van der Waals surface area contributed by atoms with Gasteiger partial charge in [0, 0.05) is 44.0 Å². The van der Waals surface area contributed by atoms with Crippen molar-refractivity contribution in [3.63, 3.8) is 0 Å². The van der Waals surface area contributed by atoms with Crippen molar-refractivity contribution in [3.05, 3.63) is 34.3 Å². The molecule has 0 radical (unpaired) electrons. The molecule has 2 aliphatic rings. The highest BCUT2D eigenvalue weighted by Crippen LogP contribution is 2.28. The third-order valence-electron chi connectivity index (χ3n) is 4.92. The van der Waals surface area contributed by atoms with Crippen molar-refractivity contribution in [2.24, 2.45) is 0 Å². The number of amides is 2. The molecule has 1 aromatic carbocycles. The summed E-state index contributed by atoms with van der Waals surface area (Å²) in [6, 6.07) is 6.17. The number of nitrogens with two attached hydrogens (primary N) is 1. The summed E-state index contributed by atoms with van der Waals surface area (Å²) in [5, 5.41) is 3.35. The maximum atomic E-state index is 12.7. The zero-order valence-electron chi connectivity index (χ0n) is 14.6. The quantitative estimate of drug-likeness (QED) is 0.841. The summed E-state index contributed by atoms with van der Waals surface area (Å²) in [7, 11) is 0. The highest BCUT2D eigenvalue weighted by molar-refractivity contribution is 7.17. The van der Waals surface area contributed by atoms with E-state index in [2.05, 4.69) is 21.3 Å². The second kappa shape index (κ2) is 6.60. The van der Waals surface area contributed by atoms with Crippen LogP contribution in [0.1, 0.15) is 27.3 Å². The number of carbonyl (C=O) groups is 2. The lowest BCUT2D eigenvalue weighted by Crippen LogP contribution is -2.48. The van der Waals surface area contributed by atoms with Crippen LogP contribution >= 0.6 is 11.3 Å². The molecule has 1 aromatic heterocycles. The van der Waals surface area contributed by atoms with Gasteiger partial charge < -0.3 is 20.9 Å². The largest absolute Gasteiger partial charge is 0.375 e. The molecule has 0 atom stereocenters. The van der Waals surface area contributed by atoms with Gasteiger partial charge in [0.2, 0.25) is 5.91 Å². The topological polar surface area (TPSA) is 91.6 Å². The van der Waals surface area contributed by atoms with Crippen LogP contribution in [0.15, 0.2) is 18.2 Å². The van der Waals surface area contributed by atoms with Crippen LogP contribution in [0.3, 0.4) is 0 Å². The maximum absolute atomic E-state index is 12.7. The van der Waals surface area contributed by atoms with Crippen molar-refractivity contribution < 1.29 is 9.59 Å². The number of carbonyl (C=O) groups excluding carboxylic acids is 2. The number of thiazole rings is 1. The van der Waals surface area contributed by atoms with Gasteiger partial charge in [0.25, 0.3) is 5.91 Å². The first-order chi connectivity index (χ1) is 12.5. The number of hydrogen-bond donors (Lipinski definition) is 2. The van der Waals surface area contributed by atoms with Crippen LogP contribution in [0, 0.1) is 6.92 Å². The summed E-state index contributed by atoms with van der Waals surface area (Å²) >= 11 is 1.26. The molecule has 1 fully saturated rings. The van der Waals surface area contributed by atoms with E-state index >= 15 is 0 Å². The van der Waals surface area contributed by atoms with Gasteiger partial charge in [-0.15, -0.1) is 0 Å². The summed E-state index contributed by atoms with van der Waals surface area (Å²) in [4.78, 5) is 33.1. The lowest BCUT2D eigenvalue weighted by molar-refractivity contribution is -0.116. The fourth-order valence-electron chi connectivity index (χ4n) is 3.49. The van der Waals surface area contributed by atoms with E-state index in [0.29, 0.717) is 35.2 Å². The average molecular weight is 371 g/mol. The molecule has 0 saturated carbocycles. The van der Waals surface area contributed by atoms with Gasteiger partial charge in [0.15, 0.2) is 5.13 Å². The predicted octanol–water partition coefficient (Wildman–Crippen LogP) is 1.88. The molecule has 0 spiro atoms. The van der Waals surface area contributed by atoms with Gasteiger partial charge in [-0.05, 0) is 37.1 Å². The molecule has 4 rings (SSSR count). The zero-order chi connectivity index (χ0) is 18.3. The van der Waals surface area contributed by atoms with Crippen LogP contribution in [-0.2, 0) is 11.2 Å². The van der Waals surface area contributed by atoms with Crippen LogP contribution in [-0.4, -0.2) is 47.9 Å². The molecular weight excluding hydrogens is 350 g/mol. The van der Waals surface area contributed by atoms with Gasteiger partial charge in [-0.1, -0.05) is 11.3 Å². The lowest BCUT2D eigenvalue weighted by atomic mass is 10.0. The van der Waals surface area contributed by atoms with Gasteiger partial charge in [-0.3, -0.25) is 9.59 Å². The minimum Gasteiger partial charge on any atom is -0.375 e. The molecule has 136 valence electrons. The molecule has 8 heteroatoms. The second-order valence-electron chi connectivity index (χ2n) is 6.64. The molecule has 3 N–H and O–H groups in total. The number of fused-ring (bicyclic) bond motifs is 1. The number of nitrogens with zero attached hydrogens (tertiary/aromatic N) is 3. The molecule has 3 heterocycles. The van der Waals surface area contributed by atoms with Gasteiger partial charge in [-0.2, -0.15) is 0 Å². The number of hydrogen-bond acceptors (Lipinski definition) is 6. The number of rotatable bonds is 2. The highest BCUT2D eigenvalue weighted by Gasteiger charge is 2.26. The van der Waals surface area contributed by atoms with Crippen molar-refractivity contribution in [1.29, 1.82) is 0 Å². The molecule has 2 amide bonds. The van der Waals surface area contributed by atoms with E-state index in [1.807, 2.05) is 24.0 Å². The minimum atomic E-state index is 0.0181. The molecule has 26 heavy (non-hydrogen) atoms. The normalized spacial score (nSPS) is 17.0. The number of aryl methyl sites for hydroxylation is 2. The molecule has 2 aliphatic heterocycles. The number of benzene rings is 1. The fourth-order valence-corrected chi connectivity index (χ4v) is 4.30. The third kappa shape index (κ3) is 3.12. The van der Waals surface area contributed by atoms with E-state index in [1.165, 1.54) is 16.9 Å². The Balaban J connectivity index is 1.43. The Labute approximate surface area is 155 Å². The van der Waals surface area contributed by atoms with Gasteiger partial charge in [0.1, 0.15) is 4.88 Å². The summed E-state index contributed by atoms with van der Waals surface area (Å²) in [5.74, 6) is 0.0980. The Kier molecular flexibility index (Phi) is 4.28. The molecule has 0 unspecified atom stereocenters. The van der Waals surface area contributed by atoms with E-state index in [1.54, 1.807) is 0 Å². The lowest BCUT2D eigenvalue weighted by Gasteiger charge is -2.36. The second-order valence-corrected chi connectivity index (χ2v) is 7.67. The monoisotopic (exact) mass is 371 g/mol. The number of anilines is 3. The number of nitrogens with one attached hydrogen (secondary N) is 1. The molecule has 0 aliphatic carbocycles. The Morgan fingerprint density at radius 2 is 2.00 bits per heavy atom. The van der Waals surface area contributed by atoms with Crippen molar-refractivity contribution in [2.45, 2.75) is 19.8 Å². The van der Waals surface area contributed by atoms with Crippen molar-refractivity contribution >= 4 is 39.7 Å². The van der Waals surface area contributed by atoms with Gasteiger partial charge in [-0.25, -0.2) is 4.98 Å². The number of aromatic nitrogens is 1. The standard InChI is InChI=1S/C18H21N5O2S/c1-11-16(26-18(19)20-11)17(25)23-8-6-22(7-9-23)13-3-4-14-12(10-13)2-5-15(24)21-14/h3-4,10H,2,5-9H2,1H3,(H2,19,20)(H,21,24). The maximum Gasteiger partial charge on any atom is 0.266 e. The Bertz CT molecular complexity index is 870. The minimum absolute atomic E-state index is 0.0181. The first-order valence-electron chi connectivity index (χ1n) is 8.71. The van der Waals surface area contributed by atoms with Gasteiger partial charge in [0.05, 0.1) is 5.69 Å². The van der Waals surface area contributed by atoms with Crippen LogP contribution in [0.2, 0.25) is 0 Å². The van der Waals surface area contributed by atoms with E-state index in [-0.39, 0.29) is 11.8 Å². The Morgan fingerprint density at radius 1 is 1.23 bits per heavy atom. The molecule has 7 nitrogen and oxygen atoms in total. The average Bonchev–Trinajstić information content (AvgIpc) is 2.99. The van der Waals surface area contributed by atoms with E-state index < -0.39 is 0 Å². The van der Waals surface area contributed by atoms with E-state index in [0.717, 1.165) is 30.9 Å². The van der Waals surface area contributed by atoms with Crippen molar-refractivity contribution in [3.8, 4) is 0 Å². The predicted molar refractivity (Wildman–Crippen MR) is 103 cm³/mol. The summed E-state index contributed by atoms with van der Waals surface area (Å²) in [6.07, 6.45) is 1.32. The first kappa shape index (κ1) is 16.8. The highest BCUT2D eigenvalue weighted by atomic mass is 32.1. The summed E-state index contributed by atoms with van der Waals surface area (Å²) in [6.45, 7) is 4.73. The van der Waals surface area contributed by atoms with Crippen LogP contribution in [0.5, 0.6) is 0 Å². The molecular formula is C18H21N5O2S. The van der Waals surface area contributed by atoms with E-state index in [9.17, 15) is 9.59 Å².